The highest BCUT2D eigenvalue weighted by atomic mass is 32.2. The molecular weight excluding hydrogens is 425 g/mol. The Bertz CT molecular complexity index is 970. The highest BCUT2D eigenvalue weighted by Crippen LogP contribution is 2.26. The molecule has 1 aliphatic carbocycles. The van der Waals surface area contributed by atoms with Crippen molar-refractivity contribution in [3.63, 3.8) is 0 Å². The number of carbonyl (C=O) groups excluding carboxylic acids is 1. The zero-order valence-corrected chi connectivity index (χ0v) is 18.2. The van der Waals surface area contributed by atoms with Crippen LogP contribution in [0.5, 0.6) is 0 Å². The summed E-state index contributed by atoms with van der Waals surface area (Å²) >= 11 is -0.639. The maximum atomic E-state index is 14.0. The van der Waals surface area contributed by atoms with Crippen molar-refractivity contribution in [3.8, 4) is 0 Å². The van der Waals surface area contributed by atoms with Crippen LogP contribution in [0.2, 0.25) is 0 Å². The lowest BCUT2D eigenvalue weighted by atomic mass is 10.00. The second-order valence-electron chi connectivity index (χ2n) is 6.97. The van der Waals surface area contributed by atoms with Gasteiger partial charge in [-0.2, -0.15) is 0 Å². The molecule has 1 heterocycles. The molecule has 2 aromatic rings. The van der Waals surface area contributed by atoms with Gasteiger partial charge in [-0.1, -0.05) is 25.1 Å². The zero-order chi connectivity index (χ0) is 21.5. The van der Waals surface area contributed by atoms with E-state index in [-0.39, 0.29) is 24.2 Å². The Kier molecular flexibility index (Phi) is 7.89. The quantitative estimate of drug-likeness (QED) is 0.487. The monoisotopic (exact) mass is 449 g/mol. The molecular formula is C21H24FN3O3S2. The fourth-order valence-corrected chi connectivity index (χ4v) is 4.47. The first-order valence-electron chi connectivity index (χ1n) is 9.68. The van der Waals surface area contributed by atoms with Crippen molar-refractivity contribution in [3.05, 3.63) is 69.5 Å². The number of rotatable bonds is 9. The fourth-order valence-electron chi connectivity index (χ4n) is 3.18. The van der Waals surface area contributed by atoms with Gasteiger partial charge < -0.3 is 5.32 Å². The van der Waals surface area contributed by atoms with Crippen LogP contribution in [0.15, 0.2) is 53.2 Å². The number of nitrogens with one attached hydrogen (secondary N) is 2. The van der Waals surface area contributed by atoms with Crippen molar-refractivity contribution in [2.24, 2.45) is 0 Å². The standard InChI is InChI=1S/C21H24FN3O3S2/c1-2-16-13-29-21(23-16)19(11-14-7-9-17(10-8-14)25-30(27)28)24-20(26)12-15-5-3-4-6-18(15)22/h4,6-10,13,19,25H,2-3,5,11-12H2,1H3,(H,24,26)(H,27,28)/t19-/m0/s1. The molecule has 9 heteroatoms. The van der Waals surface area contributed by atoms with Crippen LogP contribution < -0.4 is 10.0 Å². The van der Waals surface area contributed by atoms with Gasteiger partial charge in [-0.15, -0.1) is 11.3 Å². The van der Waals surface area contributed by atoms with E-state index in [2.05, 4.69) is 15.0 Å². The number of hydrogen-bond acceptors (Lipinski definition) is 4. The first-order chi connectivity index (χ1) is 14.4. The summed E-state index contributed by atoms with van der Waals surface area (Å²) in [5.74, 6) is -0.553. The third-order valence-electron chi connectivity index (χ3n) is 4.75. The number of thiazole rings is 1. The largest absolute Gasteiger partial charge is 0.346 e. The van der Waals surface area contributed by atoms with Gasteiger partial charge in [0.15, 0.2) is 0 Å². The Morgan fingerprint density at radius 1 is 1.37 bits per heavy atom. The second kappa shape index (κ2) is 10.6. The molecule has 1 unspecified atom stereocenters. The van der Waals surface area contributed by atoms with Crippen molar-refractivity contribution >= 4 is 34.2 Å². The normalized spacial score (nSPS) is 15.7. The maximum absolute atomic E-state index is 14.0. The number of allylic oxidation sites excluding steroid dienone is 3. The molecule has 0 bridgehead atoms. The van der Waals surface area contributed by atoms with E-state index in [0.29, 0.717) is 24.1 Å². The summed E-state index contributed by atoms with van der Waals surface area (Å²) in [5.41, 5.74) is 2.95. The molecule has 0 fully saturated rings. The van der Waals surface area contributed by atoms with Crippen LogP contribution in [0.1, 0.15) is 48.5 Å². The number of amides is 1. The van der Waals surface area contributed by atoms with Gasteiger partial charge >= 0.3 is 0 Å². The number of hydrogen-bond donors (Lipinski definition) is 3. The molecule has 30 heavy (non-hydrogen) atoms. The van der Waals surface area contributed by atoms with E-state index >= 15 is 0 Å². The van der Waals surface area contributed by atoms with Crippen LogP contribution in [0.3, 0.4) is 0 Å². The third-order valence-corrected chi connectivity index (χ3v) is 6.17. The van der Waals surface area contributed by atoms with Crippen molar-refractivity contribution in [1.82, 2.24) is 10.3 Å². The Morgan fingerprint density at radius 3 is 2.77 bits per heavy atom. The number of anilines is 1. The van der Waals surface area contributed by atoms with Gasteiger partial charge in [0.25, 0.3) is 11.3 Å². The molecule has 1 aromatic heterocycles. The molecule has 1 aromatic carbocycles. The van der Waals surface area contributed by atoms with Gasteiger partial charge in [0.1, 0.15) is 10.8 Å². The lowest BCUT2D eigenvalue weighted by molar-refractivity contribution is -0.121. The van der Waals surface area contributed by atoms with E-state index in [9.17, 15) is 13.4 Å². The maximum Gasteiger partial charge on any atom is 0.259 e. The number of halogens is 1. The minimum atomic E-state index is -2.13. The molecule has 1 aliphatic rings. The van der Waals surface area contributed by atoms with E-state index < -0.39 is 11.3 Å². The SMILES string of the molecule is CCc1csc([C@H](Cc2ccc(NS(=O)O)cc2)NC(=O)CC2=C(F)C=CCC2)n1. The molecule has 3 N–H and O–H groups in total. The Morgan fingerprint density at radius 2 is 2.13 bits per heavy atom. The number of carbonyl (C=O) groups is 1. The first kappa shape index (κ1) is 22.3. The molecule has 1 amide bonds. The summed E-state index contributed by atoms with van der Waals surface area (Å²) in [6.07, 6.45) is 5.83. The molecule has 3 rings (SSSR count). The Hall–Kier alpha value is -2.36. The van der Waals surface area contributed by atoms with Crippen LogP contribution in [-0.2, 0) is 28.9 Å². The van der Waals surface area contributed by atoms with E-state index in [1.54, 1.807) is 18.2 Å². The van der Waals surface area contributed by atoms with Crippen molar-refractivity contribution < 1.29 is 17.9 Å². The summed E-state index contributed by atoms with van der Waals surface area (Å²) in [4.78, 5) is 17.3. The van der Waals surface area contributed by atoms with Crippen LogP contribution in [0.4, 0.5) is 10.1 Å². The summed E-state index contributed by atoms with van der Waals surface area (Å²) in [6.45, 7) is 2.02. The van der Waals surface area contributed by atoms with Crippen LogP contribution >= 0.6 is 11.3 Å². The topological polar surface area (TPSA) is 91.3 Å². The minimum absolute atomic E-state index is 0.0316. The smallest absolute Gasteiger partial charge is 0.259 e. The molecule has 160 valence electrons. The van der Waals surface area contributed by atoms with Crippen LogP contribution in [0.25, 0.3) is 0 Å². The molecule has 0 spiro atoms. The van der Waals surface area contributed by atoms with Gasteiger partial charge in [-0.25, -0.2) is 13.6 Å². The predicted octanol–water partition coefficient (Wildman–Crippen LogP) is 4.62. The van der Waals surface area contributed by atoms with Crippen LogP contribution in [-0.4, -0.2) is 19.7 Å². The van der Waals surface area contributed by atoms with Gasteiger partial charge in [0.2, 0.25) is 5.91 Å². The van der Waals surface area contributed by atoms with E-state index in [0.717, 1.165) is 29.1 Å². The van der Waals surface area contributed by atoms with E-state index in [4.69, 9.17) is 4.55 Å². The van der Waals surface area contributed by atoms with Gasteiger partial charge in [-0.05, 0) is 55.0 Å². The van der Waals surface area contributed by atoms with E-state index in [1.807, 2.05) is 24.4 Å². The van der Waals surface area contributed by atoms with Gasteiger partial charge in [-0.3, -0.25) is 14.1 Å². The molecule has 0 aliphatic heterocycles. The molecule has 2 atom stereocenters. The fraction of sp³-hybridized carbons (Fsp3) is 0.333. The van der Waals surface area contributed by atoms with Crippen LogP contribution in [0, 0.1) is 0 Å². The second-order valence-corrected chi connectivity index (χ2v) is 8.56. The van der Waals surface area contributed by atoms with Crippen molar-refractivity contribution in [1.29, 1.82) is 0 Å². The average Bonchev–Trinajstić information content (AvgIpc) is 3.19. The van der Waals surface area contributed by atoms with E-state index in [1.165, 1.54) is 17.4 Å². The average molecular weight is 450 g/mol. The highest BCUT2D eigenvalue weighted by Gasteiger charge is 2.21. The Balaban J connectivity index is 1.74. The number of aryl methyl sites for hydroxylation is 1. The number of benzene rings is 1. The third kappa shape index (κ3) is 6.32. The van der Waals surface area contributed by atoms with Gasteiger partial charge in [0, 0.05) is 11.1 Å². The molecule has 6 nitrogen and oxygen atoms in total. The lowest BCUT2D eigenvalue weighted by Gasteiger charge is -2.18. The minimum Gasteiger partial charge on any atom is -0.346 e. The molecule has 0 saturated heterocycles. The van der Waals surface area contributed by atoms with Crippen molar-refractivity contribution in [2.75, 3.05) is 4.72 Å². The Labute approximate surface area is 181 Å². The first-order valence-corrected chi connectivity index (χ1v) is 11.7. The number of nitrogens with zero attached hydrogens (tertiary/aromatic N) is 1. The van der Waals surface area contributed by atoms with Gasteiger partial charge in [0.05, 0.1) is 18.2 Å². The summed E-state index contributed by atoms with van der Waals surface area (Å²) in [6, 6.07) is 6.73. The molecule has 0 radical (unpaired) electrons. The summed E-state index contributed by atoms with van der Waals surface area (Å²) in [5, 5.41) is 5.79. The summed E-state index contributed by atoms with van der Waals surface area (Å²) in [7, 11) is 0. The highest BCUT2D eigenvalue weighted by molar-refractivity contribution is 7.80. The predicted molar refractivity (Wildman–Crippen MR) is 118 cm³/mol. The lowest BCUT2D eigenvalue weighted by Crippen LogP contribution is -2.30. The molecule has 0 saturated carbocycles. The zero-order valence-electron chi connectivity index (χ0n) is 16.6. The van der Waals surface area contributed by atoms with Crippen molar-refractivity contribution in [2.45, 2.75) is 45.1 Å². The number of aromatic nitrogens is 1. The summed E-state index contributed by atoms with van der Waals surface area (Å²) < 4.78 is 36.1.